The molecule has 0 aliphatic heterocycles. The summed E-state index contributed by atoms with van der Waals surface area (Å²) in [5.41, 5.74) is 1.91. The highest BCUT2D eigenvalue weighted by Gasteiger charge is 2.10. The van der Waals surface area contributed by atoms with Crippen LogP contribution in [0, 0.1) is 0 Å². The van der Waals surface area contributed by atoms with Crippen LogP contribution in [0.5, 0.6) is 5.75 Å². The summed E-state index contributed by atoms with van der Waals surface area (Å²) in [5.74, 6) is 1.43. The van der Waals surface area contributed by atoms with Gasteiger partial charge in [-0.05, 0) is 49.7 Å². The molecule has 0 saturated heterocycles. The van der Waals surface area contributed by atoms with Crippen molar-refractivity contribution in [3.8, 4) is 5.75 Å². The number of para-hydroxylation sites is 1. The molecule has 0 aliphatic rings. The van der Waals surface area contributed by atoms with Gasteiger partial charge in [0.1, 0.15) is 17.9 Å². The van der Waals surface area contributed by atoms with Crippen LogP contribution in [0.25, 0.3) is 10.9 Å². The fraction of sp³-hybridized carbons (Fsp3) is 0.286. The maximum Gasteiger partial charge on any atom is 0.305 e. The number of nitrogens with zero attached hydrogens (tertiary/aromatic N) is 3. The monoisotopic (exact) mass is 365 g/mol. The predicted molar refractivity (Wildman–Crippen MR) is 105 cm³/mol. The number of esters is 1. The van der Waals surface area contributed by atoms with E-state index in [0.717, 1.165) is 28.2 Å². The molecule has 6 nitrogen and oxygen atoms in total. The summed E-state index contributed by atoms with van der Waals surface area (Å²) in [6, 6.07) is 15.7. The van der Waals surface area contributed by atoms with Gasteiger partial charge in [-0.2, -0.15) is 0 Å². The number of aromatic nitrogens is 2. The Morgan fingerprint density at radius 3 is 2.63 bits per heavy atom. The van der Waals surface area contributed by atoms with Gasteiger partial charge in [0.15, 0.2) is 0 Å². The fourth-order valence-electron chi connectivity index (χ4n) is 2.79. The molecule has 0 fully saturated rings. The zero-order chi connectivity index (χ0) is 19.1. The maximum absolute atomic E-state index is 11.3. The van der Waals surface area contributed by atoms with Gasteiger partial charge in [-0.1, -0.05) is 12.1 Å². The fourth-order valence-corrected chi connectivity index (χ4v) is 2.79. The molecule has 6 heteroatoms. The van der Waals surface area contributed by atoms with E-state index in [1.165, 1.54) is 0 Å². The number of ether oxygens (including phenoxy) is 2. The Balaban J connectivity index is 1.62. The predicted octanol–water partition coefficient (Wildman–Crippen LogP) is 4.12. The smallest absolute Gasteiger partial charge is 0.305 e. The average Bonchev–Trinajstić information content (AvgIpc) is 2.71. The molecule has 0 N–H and O–H groups in total. The van der Waals surface area contributed by atoms with Crippen LogP contribution >= 0.6 is 0 Å². The molecule has 0 aliphatic carbocycles. The van der Waals surface area contributed by atoms with Gasteiger partial charge >= 0.3 is 5.97 Å². The van der Waals surface area contributed by atoms with Crippen molar-refractivity contribution in [2.75, 3.05) is 25.2 Å². The maximum atomic E-state index is 11.3. The second-order valence-corrected chi connectivity index (χ2v) is 6.02. The zero-order valence-electron chi connectivity index (χ0n) is 15.6. The first-order chi connectivity index (χ1) is 13.2. The lowest BCUT2D eigenvalue weighted by atomic mass is 10.2. The summed E-state index contributed by atoms with van der Waals surface area (Å²) in [4.78, 5) is 22.1. The first-order valence-corrected chi connectivity index (χ1v) is 9.01. The van der Waals surface area contributed by atoms with Crippen LogP contribution in [0.2, 0.25) is 0 Å². The molecule has 0 atom stereocenters. The van der Waals surface area contributed by atoms with Crippen LogP contribution in [0.3, 0.4) is 0 Å². The lowest BCUT2D eigenvalue weighted by Crippen LogP contribution is -2.12. The summed E-state index contributed by atoms with van der Waals surface area (Å²) in [5, 5.41) is 1.00. The third kappa shape index (κ3) is 4.73. The number of carbonyl (C=O) groups excluding carboxylic acids is 1. The van der Waals surface area contributed by atoms with Gasteiger partial charge in [-0.25, -0.2) is 9.97 Å². The van der Waals surface area contributed by atoms with Crippen molar-refractivity contribution in [3.63, 3.8) is 0 Å². The number of anilines is 2. The topological polar surface area (TPSA) is 64.6 Å². The molecule has 27 heavy (non-hydrogen) atoms. The van der Waals surface area contributed by atoms with Gasteiger partial charge < -0.3 is 14.4 Å². The molecule has 1 aromatic heterocycles. The molecule has 1 heterocycles. The minimum atomic E-state index is -0.185. The Morgan fingerprint density at radius 1 is 1.07 bits per heavy atom. The molecule has 2 aromatic carbocycles. The van der Waals surface area contributed by atoms with Crippen molar-refractivity contribution in [3.05, 3.63) is 54.9 Å². The first kappa shape index (κ1) is 18.6. The van der Waals surface area contributed by atoms with E-state index < -0.39 is 0 Å². The number of rotatable bonds is 8. The van der Waals surface area contributed by atoms with Gasteiger partial charge in [-0.15, -0.1) is 0 Å². The standard InChI is InChI=1S/C21H23N3O3/c1-3-26-20(25)9-6-14-27-17-12-10-16(11-13-17)24(2)21-18-7-4-5-8-19(18)22-15-23-21/h4-5,7-8,10-13,15H,3,6,9,14H2,1-2H3. The first-order valence-electron chi connectivity index (χ1n) is 9.01. The van der Waals surface area contributed by atoms with E-state index in [-0.39, 0.29) is 5.97 Å². The number of benzene rings is 2. The van der Waals surface area contributed by atoms with Crippen molar-refractivity contribution in [1.29, 1.82) is 0 Å². The minimum Gasteiger partial charge on any atom is -0.494 e. The van der Waals surface area contributed by atoms with Gasteiger partial charge in [-0.3, -0.25) is 4.79 Å². The zero-order valence-corrected chi connectivity index (χ0v) is 15.6. The van der Waals surface area contributed by atoms with E-state index in [2.05, 4.69) is 9.97 Å². The molecule has 0 radical (unpaired) electrons. The lowest BCUT2D eigenvalue weighted by molar-refractivity contribution is -0.143. The average molecular weight is 365 g/mol. The molecule has 0 saturated carbocycles. The Morgan fingerprint density at radius 2 is 1.85 bits per heavy atom. The van der Waals surface area contributed by atoms with E-state index >= 15 is 0 Å². The molecule has 140 valence electrons. The summed E-state index contributed by atoms with van der Waals surface area (Å²) >= 11 is 0. The van der Waals surface area contributed by atoms with E-state index in [0.29, 0.717) is 26.1 Å². The van der Waals surface area contributed by atoms with Gasteiger partial charge in [0.05, 0.1) is 18.7 Å². The highest BCUT2D eigenvalue weighted by molar-refractivity contribution is 5.91. The Bertz CT molecular complexity index is 891. The number of hydrogen-bond donors (Lipinski definition) is 0. The van der Waals surface area contributed by atoms with Crippen LogP contribution in [-0.2, 0) is 9.53 Å². The molecule has 0 amide bonds. The number of hydrogen-bond acceptors (Lipinski definition) is 6. The number of fused-ring (bicyclic) bond motifs is 1. The molecule has 0 spiro atoms. The largest absolute Gasteiger partial charge is 0.494 e. The van der Waals surface area contributed by atoms with E-state index in [4.69, 9.17) is 9.47 Å². The third-order valence-corrected chi connectivity index (χ3v) is 4.16. The lowest BCUT2D eigenvalue weighted by Gasteiger charge is -2.20. The molecular formula is C21H23N3O3. The highest BCUT2D eigenvalue weighted by atomic mass is 16.5. The van der Waals surface area contributed by atoms with Crippen LogP contribution in [0.4, 0.5) is 11.5 Å². The minimum absolute atomic E-state index is 0.185. The number of carbonyl (C=O) groups is 1. The summed E-state index contributed by atoms with van der Waals surface area (Å²) in [7, 11) is 1.98. The Hall–Kier alpha value is -3.15. The molecule has 3 aromatic rings. The van der Waals surface area contributed by atoms with Crippen molar-refractivity contribution in [2.45, 2.75) is 19.8 Å². The van der Waals surface area contributed by atoms with Gasteiger partial charge in [0.2, 0.25) is 0 Å². The summed E-state index contributed by atoms with van der Waals surface area (Å²) in [6.45, 7) is 2.69. The summed E-state index contributed by atoms with van der Waals surface area (Å²) < 4.78 is 10.6. The van der Waals surface area contributed by atoms with Crippen LogP contribution in [0.15, 0.2) is 54.9 Å². The highest BCUT2D eigenvalue weighted by Crippen LogP contribution is 2.29. The van der Waals surface area contributed by atoms with Gasteiger partial charge in [0, 0.05) is 24.5 Å². The van der Waals surface area contributed by atoms with Crippen LogP contribution in [0.1, 0.15) is 19.8 Å². The van der Waals surface area contributed by atoms with Crippen molar-refractivity contribution >= 4 is 28.4 Å². The third-order valence-electron chi connectivity index (χ3n) is 4.16. The second kappa shape index (κ2) is 8.98. The van der Waals surface area contributed by atoms with E-state index in [1.54, 1.807) is 13.3 Å². The van der Waals surface area contributed by atoms with Crippen molar-refractivity contribution < 1.29 is 14.3 Å². The normalized spacial score (nSPS) is 10.6. The molecule has 0 unspecified atom stereocenters. The van der Waals surface area contributed by atoms with Crippen molar-refractivity contribution in [1.82, 2.24) is 9.97 Å². The van der Waals surface area contributed by atoms with Crippen LogP contribution < -0.4 is 9.64 Å². The Labute approximate surface area is 158 Å². The van der Waals surface area contributed by atoms with Gasteiger partial charge in [0.25, 0.3) is 0 Å². The molecular weight excluding hydrogens is 342 g/mol. The van der Waals surface area contributed by atoms with Crippen molar-refractivity contribution in [2.24, 2.45) is 0 Å². The SMILES string of the molecule is CCOC(=O)CCCOc1ccc(N(C)c2ncnc3ccccc23)cc1. The second-order valence-electron chi connectivity index (χ2n) is 6.02. The quantitative estimate of drug-likeness (QED) is 0.442. The van der Waals surface area contributed by atoms with E-state index in [9.17, 15) is 4.79 Å². The summed E-state index contributed by atoms with van der Waals surface area (Å²) in [6.07, 6.45) is 2.58. The van der Waals surface area contributed by atoms with Crippen LogP contribution in [-0.4, -0.2) is 36.2 Å². The molecule has 0 bridgehead atoms. The van der Waals surface area contributed by atoms with E-state index in [1.807, 2.05) is 60.5 Å². The Kier molecular flexibility index (Phi) is 6.20. The molecule has 3 rings (SSSR count).